The molecule has 5 heteroatoms. The highest BCUT2D eigenvalue weighted by molar-refractivity contribution is 9.10. The zero-order valence-electron chi connectivity index (χ0n) is 9.99. The third-order valence-corrected chi connectivity index (χ3v) is 4.06. The van der Waals surface area contributed by atoms with E-state index >= 15 is 0 Å². The molecule has 0 fully saturated rings. The van der Waals surface area contributed by atoms with Gasteiger partial charge in [0.25, 0.3) is 0 Å². The van der Waals surface area contributed by atoms with Gasteiger partial charge in [-0.05, 0) is 36.7 Å². The van der Waals surface area contributed by atoms with E-state index < -0.39 is 0 Å². The molecule has 0 aliphatic carbocycles. The molecule has 2 rings (SSSR count). The van der Waals surface area contributed by atoms with Gasteiger partial charge >= 0.3 is 0 Å². The molecule has 1 aromatic heterocycles. The van der Waals surface area contributed by atoms with Crippen LogP contribution >= 0.6 is 27.3 Å². The van der Waals surface area contributed by atoms with Crippen LogP contribution in [0, 0.1) is 5.82 Å². The standard InChI is InChI=1S/C13H14BrFN2S/c1-2-17-12(13-7-16-8-18-13)6-9-5-10(14)3-4-11(9)15/h3-5,7-8,12,17H,2,6H2,1H3. The lowest BCUT2D eigenvalue weighted by molar-refractivity contribution is 0.533. The van der Waals surface area contributed by atoms with Crippen molar-refractivity contribution in [1.29, 1.82) is 0 Å². The molecule has 2 nitrogen and oxygen atoms in total. The minimum Gasteiger partial charge on any atom is -0.309 e. The maximum absolute atomic E-state index is 13.8. The molecule has 18 heavy (non-hydrogen) atoms. The van der Waals surface area contributed by atoms with Gasteiger partial charge < -0.3 is 5.32 Å². The normalized spacial score (nSPS) is 12.6. The van der Waals surface area contributed by atoms with Gasteiger partial charge in [-0.3, -0.25) is 4.98 Å². The average Bonchev–Trinajstić information content (AvgIpc) is 2.87. The van der Waals surface area contributed by atoms with E-state index in [1.807, 2.05) is 19.2 Å². The summed E-state index contributed by atoms with van der Waals surface area (Å²) in [5.74, 6) is -0.161. The molecule has 0 aliphatic heterocycles. The molecule has 1 heterocycles. The van der Waals surface area contributed by atoms with E-state index in [0.29, 0.717) is 12.0 Å². The summed E-state index contributed by atoms with van der Waals surface area (Å²) in [6, 6.07) is 5.16. The number of halogens is 2. The summed E-state index contributed by atoms with van der Waals surface area (Å²) >= 11 is 4.97. The number of hydrogen-bond donors (Lipinski definition) is 1. The van der Waals surface area contributed by atoms with E-state index in [2.05, 4.69) is 26.2 Å². The third kappa shape index (κ3) is 3.37. The van der Waals surface area contributed by atoms with Crippen molar-refractivity contribution in [3.05, 3.63) is 50.6 Å². The van der Waals surface area contributed by atoms with Crippen LogP contribution < -0.4 is 5.32 Å². The molecule has 1 atom stereocenters. The van der Waals surface area contributed by atoms with Crippen molar-refractivity contribution in [2.75, 3.05) is 6.54 Å². The van der Waals surface area contributed by atoms with Crippen molar-refractivity contribution in [2.24, 2.45) is 0 Å². The summed E-state index contributed by atoms with van der Waals surface area (Å²) in [5, 5.41) is 3.37. The van der Waals surface area contributed by atoms with E-state index in [1.54, 1.807) is 22.9 Å². The van der Waals surface area contributed by atoms with E-state index in [1.165, 1.54) is 6.07 Å². The summed E-state index contributed by atoms with van der Waals surface area (Å²) < 4.78 is 14.7. The van der Waals surface area contributed by atoms with Gasteiger partial charge in [0.05, 0.1) is 5.51 Å². The average molecular weight is 329 g/mol. The second kappa shape index (κ2) is 6.41. The van der Waals surface area contributed by atoms with E-state index in [-0.39, 0.29) is 11.9 Å². The van der Waals surface area contributed by atoms with Crippen LogP contribution in [0.25, 0.3) is 0 Å². The lowest BCUT2D eigenvalue weighted by Gasteiger charge is -2.16. The number of rotatable bonds is 5. The molecule has 1 aromatic carbocycles. The third-order valence-electron chi connectivity index (χ3n) is 2.68. The molecule has 0 amide bonds. The summed E-state index contributed by atoms with van der Waals surface area (Å²) in [6.07, 6.45) is 2.47. The number of nitrogens with one attached hydrogen (secondary N) is 1. The van der Waals surface area contributed by atoms with Crippen LogP contribution in [-0.4, -0.2) is 11.5 Å². The molecular weight excluding hydrogens is 315 g/mol. The molecule has 0 spiro atoms. The zero-order chi connectivity index (χ0) is 13.0. The molecule has 1 unspecified atom stereocenters. The molecule has 0 saturated carbocycles. The minimum absolute atomic E-state index is 0.117. The highest BCUT2D eigenvalue weighted by Gasteiger charge is 2.15. The summed E-state index contributed by atoms with van der Waals surface area (Å²) in [7, 11) is 0. The van der Waals surface area contributed by atoms with Gasteiger partial charge in [-0.1, -0.05) is 22.9 Å². The van der Waals surface area contributed by atoms with Crippen LogP contribution in [0.5, 0.6) is 0 Å². The van der Waals surface area contributed by atoms with Gasteiger partial charge in [0.2, 0.25) is 0 Å². The number of aromatic nitrogens is 1. The molecule has 0 saturated heterocycles. The Morgan fingerprint density at radius 1 is 1.50 bits per heavy atom. The zero-order valence-corrected chi connectivity index (χ0v) is 12.4. The van der Waals surface area contributed by atoms with Crippen molar-refractivity contribution in [1.82, 2.24) is 10.3 Å². The topological polar surface area (TPSA) is 24.9 Å². The van der Waals surface area contributed by atoms with Crippen LogP contribution in [0.1, 0.15) is 23.4 Å². The molecule has 0 bridgehead atoms. The first-order chi connectivity index (χ1) is 8.70. The maximum atomic E-state index is 13.8. The monoisotopic (exact) mass is 328 g/mol. The van der Waals surface area contributed by atoms with Crippen molar-refractivity contribution in [3.63, 3.8) is 0 Å². The van der Waals surface area contributed by atoms with Crippen molar-refractivity contribution in [2.45, 2.75) is 19.4 Å². The first kappa shape index (κ1) is 13.6. The fourth-order valence-corrected chi connectivity index (χ4v) is 2.94. The highest BCUT2D eigenvalue weighted by Crippen LogP contribution is 2.24. The van der Waals surface area contributed by atoms with Gasteiger partial charge in [0.1, 0.15) is 5.82 Å². The largest absolute Gasteiger partial charge is 0.309 e. The van der Waals surface area contributed by atoms with Crippen LogP contribution in [0.4, 0.5) is 4.39 Å². The summed E-state index contributed by atoms with van der Waals surface area (Å²) in [6.45, 7) is 2.89. The quantitative estimate of drug-likeness (QED) is 0.899. The number of benzene rings is 1. The van der Waals surface area contributed by atoms with Gasteiger partial charge in [0.15, 0.2) is 0 Å². The van der Waals surface area contributed by atoms with Gasteiger partial charge in [-0.25, -0.2) is 4.39 Å². The molecule has 96 valence electrons. The van der Waals surface area contributed by atoms with Crippen LogP contribution in [-0.2, 0) is 6.42 Å². The second-order valence-electron chi connectivity index (χ2n) is 3.95. The van der Waals surface area contributed by atoms with Crippen molar-refractivity contribution in [3.8, 4) is 0 Å². The Morgan fingerprint density at radius 3 is 3.00 bits per heavy atom. The first-order valence-corrected chi connectivity index (χ1v) is 7.43. The Kier molecular flexibility index (Phi) is 4.86. The fraction of sp³-hybridized carbons (Fsp3) is 0.308. The van der Waals surface area contributed by atoms with Crippen LogP contribution in [0.2, 0.25) is 0 Å². The van der Waals surface area contributed by atoms with Gasteiger partial charge in [-0.2, -0.15) is 0 Å². The number of hydrogen-bond acceptors (Lipinski definition) is 3. The Balaban J connectivity index is 2.21. The Morgan fingerprint density at radius 2 is 2.33 bits per heavy atom. The molecule has 2 aromatic rings. The Labute approximate surface area is 118 Å². The first-order valence-electron chi connectivity index (χ1n) is 5.76. The van der Waals surface area contributed by atoms with Crippen LogP contribution in [0.15, 0.2) is 34.4 Å². The molecule has 0 aliphatic rings. The van der Waals surface area contributed by atoms with Crippen molar-refractivity contribution >= 4 is 27.3 Å². The smallest absolute Gasteiger partial charge is 0.126 e. The van der Waals surface area contributed by atoms with Crippen molar-refractivity contribution < 1.29 is 4.39 Å². The number of likely N-dealkylation sites (N-methyl/N-ethyl adjacent to an activating group) is 1. The van der Waals surface area contributed by atoms with E-state index in [4.69, 9.17) is 0 Å². The lowest BCUT2D eigenvalue weighted by Crippen LogP contribution is -2.22. The Bertz CT molecular complexity index is 502. The van der Waals surface area contributed by atoms with E-state index in [9.17, 15) is 4.39 Å². The summed E-state index contributed by atoms with van der Waals surface area (Å²) in [4.78, 5) is 5.22. The maximum Gasteiger partial charge on any atom is 0.126 e. The predicted octanol–water partition coefficient (Wildman–Crippen LogP) is 3.94. The SMILES string of the molecule is CCNC(Cc1cc(Br)ccc1F)c1cncs1. The molecule has 1 N–H and O–H groups in total. The summed E-state index contributed by atoms with van der Waals surface area (Å²) in [5.41, 5.74) is 2.51. The van der Waals surface area contributed by atoms with E-state index in [0.717, 1.165) is 15.9 Å². The lowest BCUT2D eigenvalue weighted by atomic mass is 10.0. The van der Waals surface area contributed by atoms with Gasteiger partial charge in [-0.15, -0.1) is 11.3 Å². The number of nitrogens with zero attached hydrogens (tertiary/aromatic N) is 1. The van der Waals surface area contributed by atoms with Gasteiger partial charge in [0, 0.05) is 21.6 Å². The molecular formula is C13H14BrFN2S. The Hall–Kier alpha value is -0.780. The number of thiazole rings is 1. The fourth-order valence-electron chi connectivity index (χ4n) is 1.84. The van der Waals surface area contributed by atoms with Crippen LogP contribution in [0.3, 0.4) is 0 Å². The second-order valence-corrected chi connectivity index (χ2v) is 5.79. The highest BCUT2D eigenvalue weighted by atomic mass is 79.9. The minimum atomic E-state index is -0.161. The predicted molar refractivity (Wildman–Crippen MR) is 76.3 cm³/mol. The molecule has 0 radical (unpaired) electrons.